The first kappa shape index (κ1) is 23.8. The standard InChI is InChI=1S/C23H21F6N5/c1-14-31-33-21(34(14)13-20-19(12-30-32-20)16-5-3-2-4-6-16)8-7-15-9-17(22(24,25)26)11-18(10-15)23(27,28)29/h2-6,9-11,30,32H,7-8,12-13H2,1H3. The molecule has 3 aromatic rings. The molecule has 1 aliphatic heterocycles. The number of nitrogens with one attached hydrogen (secondary N) is 2. The van der Waals surface area contributed by atoms with Gasteiger partial charge in [-0.25, -0.2) is 5.43 Å². The molecule has 1 aliphatic rings. The molecule has 1 aromatic heterocycles. The van der Waals surface area contributed by atoms with Crippen LogP contribution in [0.2, 0.25) is 0 Å². The predicted molar refractivity (Wildman–Crippen MR) is 113 cm³/mol. The Bertz CT molecular complexity index is 1160. The maximum atomic E-state index is 13.2. The highest BCUT2D eigenvalue weighted by Gasteiger charge is 2.36. The molecule has 0 unspecified atom stereocenters. The maximum absolute atomic E-state index is 13.2. The molecule has 0 spiro atoms. The van der Waals surface area contributed by atoms with Crippen LogP contribution in [0.3, 0.4) is 0 Å². The van der Waals surface area contributed by atoms with Crippen LogP contribution >= 0.6 is 0 Å². The number of aromatic nitrogens is 3. The molecule has 11 heteroatoms. The van der Waals surface area contributed by atoms with Crippen molar-refractivity contribution in [1.29, 1.82) is 0 Å². The Balaban J connectivity index is 1.58. The van der Waals surface area contributed by atoms with E-state index in [0.717, 1.165) is 29.0 Å². The molecule has 5 nitrogen and oxygen atoms in total. The number of nitrogens with zero attached hydrogens (tertiary/aromatic N) is 3. The van der Waals surface area contributed by atoms with E-state index in [9.17, 15) is 26.3 Å². The van der Waals surface area contributed by atoms with Crippen molar-refractivity contribution in [2.75, 3.05) is 6.54 Å². The first-order valence-corrected chi connectivity index (χ1v) is 10.5. The van der Waals surface area contributed by atoms with Crippen LogP contribution in [0.5, 0.6) is 0 Å². The number of rotatable bonds is 6. The van der Waals surface area contributed by atoms with Crippen molar-refractivity contribution in [2.45, 2.75) is 38.7 Å². The molecule has 2 N–H and O–H groups in total. The van der Waals surface area contributed by atoms with Gasteiger partial charge in [-0.1, -0.05) is 30.3 Å². The predicted octanol–water partition coefficient (Wildman–Crippen LogP) is 4.93. The molecule has 0 fully saturated rings. The molecule has 4 rings (SSSR count). The number of allylic oxidation sites excluding steroid dienone is 1. The van der Waals surface area contributed by atoms with Crippen molar-refractivity contribution in [3.63, 3.8) is 0 Å². The lowest BCUT2D eigenvalue weighted by Crippen LogP contribution is -2.26. The lowest BCUT2D eigenvalue weighted by atomic mass is 10.0. The topological polar surface area (TPSA) is 54.8 Å². The molecule has 0 saturated carbocycles. The summed E-state index contributed by atoms with van der Waals surface area (Å²) in [7, 11) is 0. The van der Waals surface area contributed by atoms with E-state index in [1.807, 2.05) is 30.3 Å². The van der Waals surface area contributed by atoms with Gasteiger partial charge in [0.2, 0.25) is 0 Å². The second-order valence-electron chi connectivity index (χ2n) is 7.97. The highest BCUT2D eigenvalue weighted by molar-refractivity contribution is 5.71. The van der Waals surface area contributed by atoms with E-state index in [0.29, 0.717) is 24.7 Å². The van der Waals surface area contributed by atoms with Gasteiger partial charge in [0.1, 0.15) is 11.6 Å². The minimum atomic E-state index is -4.88. The first-order valence-electron chi connectivity index (χ1n) is 10.5. The molecule has 0 radical (unpaired) electrons. The Hall–Kier alpha value is -3.34. The Labute approximate surface area is 191 Å². The summed E-state index contributed by atoms with van der Waals surface area (Å²) in [5, 5.41) is 8.18. The summed E-state index contributed by atoms with van der Waals surface area (Å²) >= 11 is 0. The van der Waals surface area contributed by atoms with E-state index in [2.05, 4.69) is 21.0 Å². The number of alkyl halides is 6. The van der Waals surface area contributed by atoms with Crippen molar-refractivity contribution >= 4 is 5.57 Å². The average Bonchev–Trinajstić information content (AvgIpc) is 3.39. The van der Waals surface area contributed by atoms with E-state index in [1.54, 1.807) is 11.5 Å². The number of hydrazine groups is 1. The lowest BCUT2D eigenvalue weighted by molar-refractivity contribution is -0.143. The number of hydrogen-bond donors (Lipinski definition) is 2. The van der Waals surface area contributed by atoms with Crippen LogP contribution in [-0.4, -0.2) is 21.3 Å². The van der Waals surface area contributed by atoms with Gasteiger partial charge < -0.3 is 9.99 Å². The van der Waals surface area contributed by atoms with Gasteiger partial charge in [-0.15, -0.1) is 10.2 Å². The third kappa shape index (κ3) is 5.24. The molecular weight excluding hydrogens is 460 g/mol. The SMILES string of the molecule is Cc1nnc(CCc2cc(C(F)(F)F)cc(C(F)(F)F)c2)n1CC1=C(c2ccccc2)CNN1. The smallest absolute Gasteiger partial charge is 0.323 e. The summed E-state index contributed by atoms with van der Waals surface area (Å²) in [5.74, 6) is 1.06. The maximum Gasteiger partial charge on any atom is 0.416 e. The Morgan fingerprint density at radius 2 is 1.53 bits per heavy atom. The summed E-state index contributed by atoms with van der Waals surface area (Å²) in [5.41, 5.74) is 6.45. The van der Waals surface area contributed by atoms with Crippen molar-refractivity contribution in [3.05, 3.63) is 88.1 Å². The second kappa shape index (κ2) is 9.13. The van der Waals surface area contributed by atoms with E-state index in [-0.39, 0.29) is 24.5 Å². The van der Waals surface area contributed by atoms with Gasteiger partial charge in [0.05, 0.1) is 23.4 Å². The van der Waals surface area contributed by atoms with Crippen molar-refractivity contribution in [2.24, 2.45) is 0 Å². The summed E-state index contributed by atoms with van der Waals surface area (Å²) in [6.45, 7) is 2.72. The van der Waals surface area contributed by atoms with Crippen LogP contribution in [0.4, 0.5) is 26.3 Å². The molecule has 0 amide bonds. The lowest BCUT2D eigenvalue weighted by Gasteiger charge is -2.15. The highest BCUT2D eigenvalue weighted by atomic mass is 19.4. The Kier molecular flexibility index (Phi) is 6.39. The molecule has 2 heterocycles. The largest absolute Gasteiger partial charge is 0.416 e. The Morgan fingerprint density at radius 1 is 0.882 bits per heavy atom. The van der Waals surface area contributed by atoms with Crippen LogP contribution in [0.15, 0.2) is 54.2 Å². The van der Waals surface area contributed by atoms with E-state index in [1.165, 1.54) is 0 Å². The van der Waals surface area contributed by atoms with Gasteiger partial charge in [-0.05, 0) is 48.2 Å². The van der Waals surface area contributed by atoms with E-state index < -0.39 is 23.5 Å². The zero-order valence-corrected chi connectivity index (χ0v) is 18.1. The molecule has 0 saturated heterocycles. The van der Waals surface area contributed by atoms with Crippen LogP contribution in [0.25, 0.3) is 5.57 Å². The molecule has 180 valence electrons. The fourth-order valence-corrected chi connectivity index (χ4v) is 3.87. The van der Waals surface area contributed by atoms with Gasteiger partial charge in [0.25, 0.3) is 0 Å². The average molecular weight is 481 g/mol. The first-order chi connectivity index (χ1) is 16.0. The van der Waals surface area contributed by atoms with Crippen LogP contribution in [0.1, 0.15) is 33.9 Å². The zero-order valence-electron chi connectivity index (χ0n) is 18.1. The molecule has 0 atom stereocenters. The minimum absolute atomic E-state index is 0.0542. The molecule has 0 bridgehead atoms. The van der Waals surface area contributed by atoms with Crippen molar-refractivity contribution < 1.29 is 26.3 Å². The normalized spacial score (nSPS) is 14.6. The third-order valence-electron chi connectivity index (χ3n) is 5.60. The number of benzene rings is 2. The number of aryl methyl sites for hydroxylation is 3. The van der Waals surface area contributed by atoms with E-state index >= 15 is 0 Å². The van der Waals surface area contributed by atoms with E-state index in [4.69, 9.17) is 0 Å². The molecule has 34 heavy (non-hydrogen) atoms. The summed E-state index contributed by atoms with van der Waals surface area (Å²) in [6, 6.07) is 11.4. The van der Waals surface area contributed by atoms with Crippen LogP contribution in [-0.2, 0) is 31.7 Å². The summed E-state index contributed by atoms with van der Waals surface area (Å²) in [6.07, 6.45) is -9.69. The quantitative estimate of drug-likeness (QED) is 0.491. The van der Waals surface area contributed by atoms with Crippen LogP contribution < -0.4 is 10.9 Å². The highest BCUT2D eigenvalue weighted by Crippen LogP contribution is 2.36. The third-order valence-corrected chi connectivity index (χ3v) is 5.60. The Morgan fingerprint density at radius 3 is 2.15 bits per heavy atom. The number of halogens is 6. The fraction of sp³-hybridized carbons (Fsp3) is 0.304. The fourth-order valence-electron chi connectivity index (χ4n) is 3.87. The van der Waals surface area contributed by atoms with Crippen molar-refractivity contribution in [1.82, 2.24) is 25.6 Å². The minimum Gasteiger partial charge on any atom is -0.323 e. The summed E-state index contributed by atoms with van der Waals surface area (Å²) in [4.78, 5) is 0. The van der Waals surface area contributed by atoms with Crippen LogP contribution in [0, 0.1) is 6.92 Å². The van der Waals surface area contributed by atoms with Gasteiger partial charge in [-0.2, -0.15) is 26.3 Å². The van der Waals surface area contributed by atoms with Gasteiger partial charge in [0.15, 0.2) is 0 Å². The molecular formula is C23H21F6N5. The zero-order chi connectivity index (χ0) is 24.5. The van der Waals surface area contributed by atoms with Gasteiger partial charge in [0, 0.05) is 13.0 Å². The van der Waals surface area contributed by atoms with Gasteiger partial charge >= 0.3 is 12.4 Å². The number of hydrogen-bond acceptors (Lipinski definition) is 4. The molecule has 2 aromatic carbocycles. The monoisotopic (exact) mass is 481 g/mol. The molecule has 0 aliphatic carbocycles. The van der Waals surface area contributed by atoms with Crippen molar-refractivity contribution in [3.8, 4) is 0 Å². The van der Waals surface area contributed by atoms with Gasteiger partial charge in [-0.3, -0.25) is 0 Å². The second-order valence-corrected chi connectivity index (χ2v) is 7.97. The summed E-state index contributed by atoms with van der Waals surface area (Å²) < 4.78 is 80.8.